The standard InChI is InChI=1S/C17H22N2O5S2/c1-23-14-7-5-13(12-15(14)24-2)6-8-16(20)18-9-10-19-26(21,22)17-4-3-11-25-17/h3-5,7,11-12,19H,6,8-10H2,1-2H3,(H,18,20). The van der Waals surface area contributed by atoms with Crippen LogP contribution in [0, 0.1) is 0 Å². The number of thiophene rings is 1. The van der Waals surface area contributed by atoms with Crippen molar-refractivity contribution in [2.24, 2.45) is 0 Å². The minimum absolute atomic E-state index is 0.141. The topological polar surface area (TPSA) is 93.7 Å². The Morgan fingerprint density at radius 3 is 2.54 bits per heavy atom. The summed E-state index contributed by atoms with van der Waals surface area (Å²) in [5, 5.41) is 4.40. The minimum atomic E-state index is -3.49. The van der Waals surface area contributed by atoms with Crippen LogP contribution in [-0.2, 0) is 21.2 Å². The molecule has 9 heteroatoms. The second-order valence-corrected chi connectivity index (χ2v) is 8.31. The summed E-state index contributed by atoms with van der Waals surface area (Å²) < 4.78 is 37.0. The Bertz CT molecular complexity index is 820. The van der Waals surface area contributed by atoms with Gasteiger partial charge in [0.1, 0.15) is 4.21 Å². The van der Waals surface area contributed by atoms with Gasteiger partial charge in [0.05, 0.1) is 14.2 Å². The van der Waals surface area contributed by atoms with Crippen molar-refractivity contribution in [2.45, 2.75) is 17.1 Å². The van der Waals surface area contributed by atoms with E-state index >= 15 is 0 Å². The molecule has 0 radical (unpaired) electrons. The van der Waals surface area contributed by atoms with Gasteiger partial charge >= 0.3 is 0 Å². The maximum Gasteiger partial charge on any atom is 0.250 e. The number of sulfonamides is 1. The third kappa shape index (κ3) is 5.72. The second kappa shape index (κ2) is 9.56. The van der Waals surface area contributed by atoms with Gasteiger partial charge in [-0.05, 0) is 35.6 Å². The van der Waals surface area contributed by atoms with Gasteiger partial charge in [0.2, 0.25) is 15.9 Å². The van der Waals surface area contributed by atoms with Crippen LogP contribution >= 0.6 is 11.3 Å². The number of benzene rings is 1. The minimum Gasteiger partial charge on any atom is -0.493 e. The monoisotopic (exact) mass is 398 g/mol. The molecule has 2 aromatic rings. The Hall–Kier alpha value is -2.10. The first-order valence-corrected chi connectivity index (χ1v) is 10.3. The number of rotatable bonds is 10. The Morgan fingerprint density at radius 2 is 1.88 bits per heavy atom. The Kier molecular flexibility index (Phi) is 7.43. The van der Waals surface area contributed by atoms with E-state index in [1.54, 1.807) is 31.7 Å². The van der Waals surface area contributed by atoms with Crippen LogP contribution in [0.5, 0.6) is 11.5 Å². The quantitative estimate of drug-likeness (QED) is 0.595. The molecule has 0 bridgehead atoms. The van der Waals surface area contributed by atoms with Gasteiger partial charge in [-0.25, -0.2) is 13.1 Å². The van der Waals surface area contributed by atoms with Crippen molar-refractivity contribution in [3.63, 3.8) is 0 Å². The Balaban J connectivity index is 1.72. The lowest BCUT2D eigenvalue weighted by molar-refractivity contribution is -0.121. The molecule has 0 saturated heterocycles. The lowest BCUT2D eigenvalue weighted by Crippen LogP contribution is -2.34. The van der Waals surface area contributed by atoms with Crippen LogP contribution in [0.25, 0.3) is 0 Å². The van der Waals surface area contributed by atoms with Crippen LogP contribution < -0.4 is 19.5 Å². The van der Waals surface area contributed by atoms with E-state index in [0.717, 1.165) is 16.9 Å². The maximum atomic E-state index is 11.9. The molecule has 0 fully saturated rings. The summed E-state index contributed by atoms with van der Waals surface area (Å²) in [5.41, 5.74) is 0.955. The van der Waals surface area contributed by atoms with E-state index in [1.165, 1.54) is 6.07 Å². The van der Waals surface area contributed by atoms with Gasteiger partial charge in [0.15, 0.2) is 11.5 Å². The summed E-state index contributed by atoms with van der Waals surface area (Å²) in [5.74, 6) is 1.11. The van der Waals surface area contributed by atoms with Gasteiger partial charge in [-0.3, -0.25) is 4.79 Å². The summed E-state index contributed by atoms with van der Waals surface area (Å²) in [6.07, 6.45) is 0.847. The number of carbonyl (C=O) groups excluding carboxylic acids is 1. The van der Waals surface area contributed by atoms with E-state index in [9.17, 15) is 13.2 Å². The molecule has 0 saturated carbocycles. The van der Waals surface area contributed by atoms with Crippen molar-refractivity contribution in [3.05, 3.63) is 41.3 Å². The highest BCUT2D eigenvalue weighted by Gasteiger charge is 2.14. The highest BCUT2D eigenvalue weighted by molar-refractivity contribution is 7.91. The summed E-state index contributed by atoms with van der Waals surface area (Å²) in [6, 6.07) is 8.72. The van der Waals surface area contributed by atoms with Crippen molar-refractivity contribution < 1.29 is 22.7 Å². The van der Waals surface area contributed by atoms with Gasteiger partial charge in [-0.15, -0.1) is 11.3 Å². The normalized spacial score (nSPS) is 11.2. The van der Waals surface area contributed by atoms with Crippen molar-refractivity contribution in [1.82, 2.24) is 10.0 Å². The lowest BCUT2D eigenvalue weighted by Gasteiger charge is -2.10. The van der Waals surface area contributed by atoms with Crippen molar-refractivity contribution in [1.29, 1.82) is 0 Å². The Morgan fingerprint density at radius 1 is 1.12 bits per heavy atom. The van der Waals surface area contributed by atoms with E-state index in [-0.39, 0.29) is 23.2 Å². The highest BCUT2D eigenvalue weighted by Crippen LogP contribution is 2.27. The molecule has 0 atom stereocenters. The van der Waals surface area contributed by atoms with Gasteiger partial charge in [-0.1, -0.05) is 12.1 Å². The average molecular weight is 399 g/mol. The number of carbonyl (C=O) groups is 1. The molecule has 7 nitrogen and oxygen atoms in total. The molecule has 1 aromatic heterocycles. The van der Waals surface area contributed by atoms with Crippen LogP contribution in [-0.4, -0.2) is 41.6 Å². The fourth-order valence-corrected chi connectivity index (χ4v) is 4.33. The fraction of sp³-hybridized carbons (Fsp3) is 0.353. The molecule has 2 N–H and O–H groups in total. The molecule has 2 rings (SSSR count). The molecule has 0 aliphatic rings. The average Bonchev–Trinajstić information content (AvgIpc) is 3.19. The van der Waals surface area contributed by atoms with Gasteiger partial charge < -0.3 is 14.8 Å². The second-order valence-electron chi connectivity index (χ2n) is 5.37. The number of nitrogens with one attached hydrogen (secondary N) is 2. The van der Waals surface area contributed by atoms with Gasteiger partial charge in [0.25, 0.3) is 0 Å². The largest absolute Gasteiger partial charge is 0.493 e. The molecule has 0 unspecified atom stereocenters. The molecule has 1 heterocycles. The molecular formula is C17H22N2O5S2. The van der Waals surface area contributed by atoms with Crippen LogP contribution in [0.1, 0.15) is 12.0 Å². The SMILES string of the molecule is COc1ccc(CCC(=O)NCCNS(=O)(=O)c2cccs2)cc1OC. The summed E-state index contributed by atoms with van der Waals surface area (Å²) in [7, 11) is -0.365. The molecule has 1 aromatic carbocycles. The molecule has 0 aliphatic heterocycles. The van der Waals surface area contributed by atoms with Crippen molar-refractivity contribution in [3.8, 4) is 11.5 Å². The lowest BCUT2D eigenvalue weighted by atomic mass is 10.1. The van der Waals surface area contributed by atoms with Gasteiger partial charge in [-0.2, -0.15) is 0 Å². The number of aryl methyl sites for hydroxylation is 1. The first kappa shape index (κ1) is 20.2. The van der Waals surface area contributed by atoms with Gasteiger partial charge in [0, 0.05) is 19.5 Å². The number of ether oxygens (including phenoxy) is 2. The molecule has 1 amide bonds. The zero-order chi connectivity index (χ0) is 19.0. The van der Waals surface area contributed by atoms with E-state index in [4.69, 9.17) is 9.47 Å². The summed E-state index contributed by atoms with van der Waals surface area (Å²) in [6.45, 7) is 0.373. The number of amides is 1. The molecular weight excluding hydrogens is 376 g/mol. The third-order valence-corrected chi connectivity index (χ3v) is 6.45. The third-order valence-electron chi connectivity index (χ3n) is 3.59. The van der Waals surface area contributed by atoms with E-state index in [1.807, 2.05) is 12.1 Å². The van der Waals surface area contributed by atoms with Crippen molar-refractivity contribution >= 4 is 27.3 Å². The summed E-state index contributed by atoms with van der Waals surface area (Å²) >= 11 is 1.15. The predicted molar refractivity (Wildman–Crippen MR) is 100 cm³/mol. The van der Waals surface area contributed by atoms with Crippen LogP contribution in [0.2, 0.25) is 0 Å². The molecule has 142 valence electrons. The molecule has 0 aliphatic carbocycles. The Labute approximate surface area is 157 Å². The van der Waals surface area contributed by atoms with Crippen LogP contribution in [0.15, 0.2) is 39.9 Å². The van der Waals surface area contributed by atoms with E-state index in [2.05, 4.69) is 10.0 Å². The first-order chi connectivity index (χ1) is 12.5. The zero-order valence-corrected chi connectivity index (χ0v) is 16.3. The number of hydrogen-bond acceptors (Lipinski definition) is 6. The van der Waals surface area contributed by atoms with Crippen molar-refractivity contribution in [2.75, 3.05) is 27.3 Å². The van der Waals surface area contributed by atoms with E-state index < -0.39 is 10.0 Å². The highest BCUT2D eigenvalue weighted by atomic mass is 32.2. The van der Waals surface area contributed by atoms with Crippen LogP contribution in [0.4, 0.5) is 0 Å². The molecule has 0 spiro atoms. The van der Waals surface area contributed by atoms with Crippen LogP contribution in [0.3, 0.4) is 0 Å². The zero-order valence-electron chi connectivity index (χ0n) is 14.7. The fourth-order valence-electron chi connectivity index (χ4n) is 2.26. The van der Waals surface area contributed by atoms with E-state index in [0.29, 0.717) is 24.3 Å². The number of methoxy groups -OCH3 is 2. The number of hydrogen-bond donors (Lipinski definition) is 2. The molecule has 26 heavy (non-hydrogen) atoms. The first-order valence-electron chi connectivity index (χ1n) is 7.97. The maximum absolute atomic E-state index is 11.9. The summed E-state index contributed by atoms with van der Waals surface area (Å²) in [4.78, 5) is 11.9. The predicted octanol–water partition coefficient (Wildman–Crippen LogP) is 1.79. The smallest absolute Gasteiger partial charge is 0.250 e.